The molecule has 0 amide bonds. The van der Waals surface area contributed by atoms with Crippen LogP contribution in [0.5, 0.6) is 0 Å². The van der Waals surface area contributed by atoms with Crippen molar-refractivity contribution in [3.8, 4) is 5.95 Å². The van der Waals surface area contributed by atoms with Crippen LogP contribution in [0.3, 0.4) is 0 Å². The number of ether oxygens (including phenoxy) is 1. The largest absolute Gasteiger partial charge is 0.467 e. The Bertz CT molecular complexity index is 659. The molecule has 0 aliphatic rings. The maximum atomic E-state index is 11.8. The van der Waals surface area contributed by atoms with Gasteiger partial charge >= 0.3 is 5.97 Å². The summed E-state index contributed by atoms with van der Waals surface area (Å²) in [5.41, 5.74) is 1.75. The van der Waals surface area contributed by atoms with Crippen LogP contribution in [0.15, 0.2) is 6.07 Å². The molecule has 9 nitrogen and oxygen atoms in total. The fraction of sp³-hybridized carbons (Fsp3) is 0.538. The normalized spacial score (nSPS) is 12.0. The predicted octanol–water partition coefficient (Wildman–Crippen LogP) is 0.776. The quantitative estimate of drug-likeness (QED) is 0.733. The van der Waals surface area contributed by atoms with Crippen molar-refractivity contribution in [3.63, 3.8) is 0 Å². The second-order valence-corrected chi connectivity index (χ2v) is 5.85. The lowest BCUT2D eigenvalue weighted by molar-refractivity contribution is -0.141. The Morgan fingerprint density at radius 2 is 2.04 bits per heavy atom. The van der Waals surface area contributed by atoms with Crippen LogP contribution < -0.4 is 5.32 Å². The van der Waals surface area contributed by atoms with Crippen molar-refractivity contribution in [2.24, 2.45) is 0 Å². The van der Waals surface area contributed by atoms with E-state index in [-0.39, 0.29) is 17.9 Å². The Morgan fingerprint density at radius 3 is 2.57 bits per heavy atom. The smallest absolute Gasteiger partial charge is 0.328 e. The fourth-order valence-corrected chi connectivity index (χ4v) is 2.45. The SMILES string of the molecule is COC(=O)[C@@H](CCSC)Nc1nnc(-n2nc(C)cc2C)nn1. The van der Waals surface area contributed by atoms with Gasteiger partial charge in [0.05, 0.1) is 12.8 Å². The topological polar surface area (TPSA) is 108 Å². The monoisotopic (exact) mass is 337 g/mol. The Labute approximate surface area is 138 Å². The van der Waals surface area contributed by atoms with Crippen molar-refractivity contribution in [2.45, 2.75) is 26.3 Å². The summed E-state index contributed by atoms with van der Waals surface area (Å²) in [7, 11) is 1.35. The van der Waals surface area contributed by atoms with Gasteiger partial charge in [-0.2, -0.15) is 16.9 Å². The number of anilines is 1. The number of carbonyl (C=O) groups excluding carboxylic acids is 1. The maximum absolute atomic E-state index is 11.8. The summed E-state index contributed by atoms with van der Waals surface area (Å²) in [5, 5.41) is 23.1. The zero-order chi connectivity index (χ0) is 16.8. The molecule has 0 aliphatic heterocycles. The Morgan fingerprint density at radius 1 is 1.35 bits per heavy atom. The lowest BCUT2D eigenvalue weighted by atomic mass is 10.2. The molecule has 1 N–H and O–H groups in total. The van der Waals surface area contributed by atoms with Gasteiger partial charge in [0.2, 0.25) is 0 Å². The third kappa shape index (κ3) is 4.38. The first kappa shape index (κ1) is 17.1. The van der Waals surface area contributed by atoms with Crippen LogP contribution in [0.4, 0.5) is 5.95 Å². The molecule has 2 rings (SSSR count). The van der Waals surface area contributed by atoms with Gasteiger partial charge in [0.1, 0.15) is 6.04 Å². The minimum absolute atomic E-state index is 0.173. The van der Waals surface area contributed by atoms with E-state index in [9.17, 15) is 4.79 Å². The first-order chi connectivity index (χ1) is 11.0. The second kappa shape index (κ2) is 7.86. The highest BCUT2D eigenvalue weighted by atomic mass is 32.2. The van der Waals surface area contributed by atoms with Crippen LogP contribution in [-0.2, 0) is 9.53 Å². The first-order valence-electron chi connectivity index (χ1n) is 6.99. The molecule has 1 atom stereocenters. The van der Waals surface area contributed by atoms with Crippen molar-refractivity contribution in [1.29, 1.82) is 0 Å². The molecule has 0 spiro atoms. The number of aryl methyl sites for hydroxylation is 2. The van der Waals surface area contributed by atoms with Crippen molar-refractivity contribution < 1.29 is 9.53 Å². The van der Waals surface area contributed by atoms with E-state index in [1.54, 1.807) is 16.4 Å². The number of nitrogens with zero attached hydrogens (tertiary/aromatic N) is 6. The summed E-state index contributed by atoms with van der Waals surface area (Å²) in [6, 6.07) is 1.38. The number of hydrogen-bond donors (Lipinski definition) is 1. The van der Waals surface area contributed by atoms with Gasteiger partial charge in [-0.1, -0.05) is 0 Å². The molecular weight excluding hydrogens is 318 g/mol. The number of nitrogens with one attached hydrogen (secondary N) is 1. The van der Waals surface area contributed by atoms with E-state index in [0.717, 1.165) is 17.1 Å². The van der Waals surface area contributed by atoms with Gasteiger partial charge in [-0.05, 0) is 38.3 Å². The number of hydrogen-bond acceptors (Lipinski definition) is 9. The number of aromatic nitrogens is 6. The average Bonchev–Trinajstić information content (AvgIpc) is 2.89. The summed E-state index contributed by atoms with van der Waals surface area (Å²) in [6.45, 7) is 3.78. The summed E-state index contributed by atoms with van der Waals surface area (Å²) in [4.78, 5) is 11.8. The molecule has 0 fully saturated rings. The average molecular weight is 337 g/mol. The van der Waals surface area contributed by atoms with E-state index in [0.29, 0.717) is 6.42 Å². The van der Waals surface area contributed by atoms with E-state index in [1.807, 2.05) is 26.2 Å². The molecule has 0 aromatic carbocycles. The third-order valence-corrected chi connectivity index (χ3v) is 3.71. The van der Waals surface area contributed by atoms with Crippen LogP contribution in [0, 0.1) is 13.8 Å². The minimum atomic E-state index is -0.532. The van der Waals surface area contributed by atoms with Gasteiger partial charge < -0.3 is 10.1 Å². The van der Waals surface area contributed by atoms with E-state index in [1.165, 1.54) is 7.11 Å². The molecule has 2 aromatic heterocycles. The Hall–Kier alpha value is -2.23. The highest BCUT2D eigenvalue weighted by Crippen LogP contribution is 2.09. The molecule has 10 heteroatoms. The summed E-state index contributed by atoms with van der Waals surface area (Å²) >= 11 is 1.64. The van der Waals surface area contributed by atoms with Crippen LogP contribution in [0.2, 0.25) is 0 Å². The van der Waals surface area contributed by atoms with Crippen LogP contribution in [-0.4, -0.2) is 61.3 Å². The molecule has 124 valence electrons. The molecular formula is C13H19N7O2S. The molecule has 0 saturated carbocycles. The zero-order valence-electron chi connectivity index (χ0n) is 13.5. The second-order valence-electron chi connectivity index (χ2n) is 4.86. The van der Waals surface area contributed by atoms with E-state index >= 15 is 0 Å². The number of rotatable bonds is 7. The molecule has 0 saturated heterocycles. The van der Waals surface area contributed by atoms with Crippen LogP contribution >= 0.6 is 11.8 Å². The first-order valence-corrected chi connectivity index (χ1v) is 8.39. The van der Waals surface area contributed by atoms with Gasteiger partial charge in [0, 0.05) is 5.69 Å². The van der Waals surface area contributed by atoms with Crippen molar-refractivity contribution >= 4 is 23.7 Å². The summed E-state index contributed by atoms with van der Waals surface area (Å²) < 4.78 is 6.33. The van der Waals surface area contributed by atoms with Crippen molar-refractivity contribution in [3.05, 3.63) is 17.5 Å². The molecule has 0 aliphatic carbocycles. The van der Waals surface area contributed by atoms with Gasteiger partial charge in [-0.3, -0.25) is 0 Å². The Balaban J connectivity index is 2.11. The summed E-state index contributed by atoms with van der Waals surface area (Å²) in [5.74, 6) is 0.884. The number of carbonyl (C=O) groups is 1. The Kier molecular flexibility index (Phi) is 5.85. The molecule has 0 radical (unpaired) electrons. The fourth-order valence-electron chi connectivity index (χ4n) is 1.98. The maximum Gasteiger partial charge on any atom is 0.328 e. The zero-order valence-corrected chi connectivity index (χ0v) is 14.3. The number of methoxy groups -OCH3 is 1. The van der Waals surface area contributed by atoms with E-state index in [2.05, 4.69) is 30.8 Å². The molecule has 2 aromatic rings. The standard InChI is InChI=1S/C13H19N7O2S/c1-8-7-9(2)20(19-8)13-17-15-12(16-18-13)14-10(5-6-23-4)11(21)22-3/h7,10H,5-6H2,1-4H3,(H,14,15,16)/t10-/m1/s1. The summed E-state index contributed by atoms with van der Waals surface area (Å²) in [6.07, 6.45) is 2.56. The molecule has 0 unspecified atom stereocenters. The van der Waals surface area contributed by atoms with Crippen LogP contribution in [0.1, 0.15) is 17.8 Å². The van der Waals surface area contributed by atoms with Gasteiger partial charge in [0.25, 0.3) is 11.9 Å². The lowest BCUT2D eigenvalue weighted by Gasteiger charge is -2.15. The van der Waals surface area contributed by atoms with Crippen molar-refractivity contribution in [1.82, 2.24) is 30.2 Å². The van der Waals surface area contributed by atoms with Gasteiger partial charge in [-0.15, -0.1) is 20.4 Å². The molecule has 0 bridgehead atoms. The van der Waals surface area contributed by atoms with E-state index in [4.69, 9.17) is 4.74 Å². The predicted molar refractivity (Wildman–Crippen MR) is 86.6 cm³/mol. The molecule has 2 heterocycles. The van der Waals surface area contributed by atoms with Crippen LogP contribution in [0.25, 0.3) is 5.95 Å². The molecule has 23 heavy (non-hydrogen) atoms. The van der Waals surface area contributed by atoms with E-state index < -0.39 is 6.04 Å². The van der Waals surface area contributed by atoms with Gasteiger partial charge in [-0.25, -0.2) is 9.48 Å². The van der Waals surface area contributed by atoms with Crippen molar-refractivity contribution in [2.75, 3.05) is 24.4 Å². The lowest BCUT2D eigenvalue weighted by Crippen LogP contribution is -2.32. The third-order valence-electron chi connectivity index (χ3n) is 3.07. The number of esters is 1. The highest BCUT2D eigenvalue weighted by Gasteiger charge is 2.20. The number of thioether (sulfide) groups is 1. The minimum Gasteiger partial charge on any atom is -0.467 e. The highest BCUT2D eigenvalue weighted by molar-refractivity contribution is 7.98. The van der Waals surface area contributed by atoms with Gasteiger partial charge in [0.15, 0.2) is 0 Å².